The quantitative estimate of drug-likeness (QED) is 0.833. The normalized spacial score (nSPS) is 16.0. The summed E-state index contributed by atoms with van der Waals surface area (Å²) in [4.78, 5) is 24.7. The van der Waals surface area contributed by atoms with E-state index in [9.17, 15) is 14.7 Å². The van der Waals surface area contributed by atoms with E-state index in [0.717, 1.165) is 0 Å². The number of amides is 1. The fraction of sp³-hybridized carbons (Fsp3) is 0.385. The first-order valence-corrected chi connectivity index (χ1v) is 5.73. The summed E-state index contributed by atoms with van der Waals surface area (Å²) in [5.41, 5.74) is 0.634. The molecule has 1 aliphatic rings. The standard InChI is InChI=1S/C13H15NO3/c15-11-5-7-14(8-6-11)13(17)9-10-3-1-2-4-12(10)16/h1-4,16H,5-9H2. The van der Waals surface area contributed by atoms with Gasteiger partial charge in [0.2, 0.25) is 5.91 Å². The number of rotatable bonds is 2. The van der Waals surface area contributed by atoms with Gasteiger partial charge in [-0.15, -0.1) is 0 Å². The molecule has 0 spiro atoms. The Bertz CT molecular complexity index is 432. The molecule has 4 nitrogen and oxygen atoms in total. The van der Waals surface area contributed by atoms with Crippen molar-refractivity contribution < 1.29 is 14.7 Å². The Balaban J connectivity index is 1.98. The molecule has 0 atom stereocenters. The van der Waals surface area contributed by atoms with E-state index >= 15 is 0 Å². The topological polar surface area (TPSA) is 57.6 Å². The predicted molar refractivity (Wildman–Crippen MR) is 62.6 cm³/mol. The first-order chi connectivity index (χ1) is 8.16. The van der Waals surface area contributed by atoms with Gasteiger partial charge in [0.1, 0.15) is 11.5 Å². The van der Waals surface area contributed by atoms with Crippen molar-refractivity contribution in [1.82, 2.24) is 4.90 Å². The van der Waals surface area contributed by atoms with E-state index in [0.29, 0.717) is 31.5 Å². The number of likely N-dealkylation sites (tertiary alicyclic amines) is 1. The Morgan fingerprint density at radius 1 is 1.24 bits per heavy atom. The number of carbonyl (C=O) groups is 2. The third kappa shape index (κ3) is 2.84. The van der Waals surface area contributed by atoms with Gasteiger partial charge in [-0.3, -0.25) is 9.59 Å². The summed E-state index contributed by atoms with van der Waals surface area (Å²) in [7, 11) is 0. The summed E-state index contributed by atoms with van der Waals surface area (Å²) in [6.07, 6.45) is 1.10. The van der Waals surface area contributed by atoms with Crippen LogP contribution >= 0.6 is 0 Å². The van der Waals surface area contributed by atoms with E-state index in [-0.39, 0.29) is 23.9 Å². The number of hydrogen-bond donors (Lipinski definition) is 1. The van der Waals surface area contributed by atoms with Crippen LogP contribution in [0.5, 0.6) is 5.75 Å². The molecule has 1 aliphatic heterocycles. The molecule has 1 N–H and O–H groups in total. The first-order valence-electron chi connectivity index (χ1n) is 5.73. The lowest BCUT2D eigenvalue weighted by Crippen LogP contribution is -2.39. The summed E-state index contributed by atoms with van der Waals surface area (Å²) >= 11 is 0. The summed E-state index contributed by atoms with van der Waals surface area (Å²) < 4.78 is 0. The van der Waals surface area contributed by atoms with Gasteiger partial charge in [-0.05, 0) is 6.07 Å². The molecule has 0 unspecified atom stereocenters. The molecule has 1 amide bonds. The highest BCUT2D eigenvalue weighted by Gasteiger charge is 2.21. The summed E-state index contributed by atoms with van der Waals surface area (Å²) in [6.45, 7) is 1.01. The zero-order chi connectivity index (χ0) is 12.3. The van der Waals surface area contributed by atoms with E-state index in [1.165, 1.54) is 0 Å². The van der Waals surface area contributed by atoms with Gasteiger partial charge in [0.15, 0.2) is 0 Å². The van der Waals surface area contributed by atoms with Crippen LogP contribution in [0.1, 0.15) is 18.4 Å². The number of hydrogen-bond acceptors (Lipinski definition) is 3. The molecule has 1 aromatic carbocycles. The monoisotopic (exact) mass is 233 g/mol. The van der Waals surface area contributed by atoms with Crippen molar-refractivity contribution in [2.75, 3.05) is 13.1 Å². The van der Waals surface area contributed by atoms with Gasteiger partial charge in [-0.2, -0.15) is 0 Å². The molecule has 1 fully saturated rings. The van der Waals surface area contributed by atoms with E-state index in [1.807, 2.05) is 0 Å². The Labute approximate surface area is 99.9 Å². The molecule has 1 heterocycles. The lowest BCUT2D eigenvalue weighted by Gasteiger charge is -2.26. The third-order valence-corrected chi connectivity index (χ3v) is 3.01. The molecule has 0 bridgehead atoms. The highest BCUT2D eigenvalue weighted by Crippen LogP contribution is 2.17. The Morgan fingerprint density at radius 2 is 1.88 bits per heavy atom. The molecule has 0 aliphatic carbocycles. The summed E-state index contributed by atoms with van der Waals surface area (Å²) in [5, 5.41) is 9.57. The minimum atomic E-state index is -0.0287. The lowest BCUT2D eigenvalue weighted by atomic mass is 10.1. The number of Topliss-reactive ketones (excluding diaryl/α,β-unsaturated/α-hetero) is 1. The molecule has 1 saturated heterocycles. The molecule has 4 heteroatoms. The van der Waals surface area contributed by atoms with E-state index in [4.69, 9.17) is 0 Å². The minimum absolute atomic E-state index is 0.0287. The maximum absolute atomic E-state index is 11.9. The van der Waals surface area contributed by atoms with Gasteiger partial charge in [0, 0.05) is 31.5 Å². The average molecular weight is 233 g/mol. The number of phenolic OH excluding ortho intramolecular Hbond substituents is 1. The highest BCUT2D eigenvalue weighted by atomic mass is 16.3. The Morgan fingerprint density at radius 3 is 2.53 bits per heavy atom. The molecule has 17 heavy (non-hydrogen) atoms. The number of piperidine rings is 1. The second-order valence-corrected chi connectivity index (χ2v) is 4.22. The zero-order valence-electron chi connectivity index (χ0n) is 9.56. The molecule has 1 aromatic rings. The van der Waals surface area contributed by atoms with Gasteiger partial charge < -0.3 is 10.0 Å². The van der Waals surface area contributed by atoms with Gasteiger partial charge in [0.25, 0.3) is 0 Å². The number of nitrogens with zero attached hydrogens (tertiary/aromatic N) is 1. The smallest absolute Gasteiger partial charge is 0.227 e. The molecular formula is C13H15NO3. The van der Waals surface area contributed by atoms with E-state index in [1.54, 1.807) is 29.2 Å². The van der Waals surface area contributed by atoms with Crippen LogP contribution in [0.3, 0.4) is 0 Å². The van der Waals surface area contributed by atoms with Crippen molar-refractivity contribution in [1.29, 1.82) is 0 Å². The second-order valence-electron chi connectivity index (χ2n) is 4.22. The molecule has 0 radical (unpaired) electrons. The van der Waals surface area contributed by atoms with Crippen LogP contribution in [0.15, 0.2) is 24.3 Å². The van der Waals surface area contributed by atoms with Crippen LogP contribution in [0, 0.1) is 0 Å². The molecule has 2 rings (SSSR count). The van der Waals surface area contributed by atoms with Crippen LogP contribution < -0.4 is 0 Å². The summed E-state index contributed by atoms with van der Waals surface area (Å²) in [6, 6.07) is 6.83. The number of para-hydroxylation sites is 1. The number of aromatic hydroxyl groups is 1. The maximum atomic E-state index is 11.9. The largest absolute Gasteiger partial charge is 0.508 e. The number of carbonyl (C=O) groups excluding carboxylic acids is 2. The number of phenols is 1. The van der Waals surface area contributed by atoms with Gasteiger partial charge in [0.05, 0.1) is 6.42 Å². The Kier molecular flexibility index (Phi) is 3.42. The van der Waals surface area contributed by atoms with Crippen LogP contribution in [0.4, 0.5) is 0 Å². The molecular weight excluding hydrogens is 218 g/mol. The van der Waals surface area contributed by atoms with Crippen molar-refractivity contribution in [2.24, 2.45) is 0 Å². The van der Waals surface area contributed by atoms with Crippen molar-refractivity contribution in [2.45, 2.75) is 19.3 Å². The molecule has 0 saturated carbocycles. The summed E-state index contributed by atoms with van der Waals surface area (Å²) in [5.74, 6) is 0.338. The molecule has 90 valence electrons. The predicted octanol–water partition coefficient (Wildman–Crippen LogP) is 1.13. The van der Waals surface area contributed by atoms with Crippen molar-refractivity contribution in [3.63, 3.8) is 0 Å². The zero-order valence-corrected chi connectivity index (χ0v) is 9.56. The van der Waals surface area contributed by atoms with Crippen LogP contribution in [-0.2, 0) is 16.0 Å². The van der Waals surface area contributed by atoms with Crippen LogP contribution in [0.2, 0.25) is 0 Å². The minimum Gasteiger partial charge on any atom is -0.508 e. The average Bonchev–Trinajstić information content (AvgIpc) is 2.33. The highest BCUT2D eigenvalue weighted by molar-refractivity contribution is 5.84. The molecule has 0 aromatic heterocycles. The maximum Gasteiger partial charge on any atom is 0.227 e. The van der Waals surface area contributed by atoms with Gasteiger partial charge in [-0.25, -0.2) is 0 Å². The fourth-order valence-electron chi connectivity index (χ4n) is 1.94. The lowest BCUT2D eigenvalue weighted by molar-refractivity contribution is -0.133. The second kappa shape index (κ2) is 4.99. The number of ketones is 1. The van der Waals surface area contributed by atoms with Crippen LogP contribution in [-0.4, -0.2) is 34.8 Å². The van der Waals surface area contributed by atoms with Gasteiger partial charge >= 0.3 is 0 Å². The SMILES string of the molecule is O=C1CCN(C(=O)Cc2ccccc2O)CC1. The van der Waals surface area contributed by atoms with Gasteiger partial charge in [-0.1, -0.05) is 18.2 Å². The van der Waals surface area contributed by atoms with Crippen molar-refractivity contribution >= 4 is 11.7 Å². The van der Waals surface area contributed by atoms with E-state index in [2.05, 4.69) is 0 Å². The first kappa shape index (κ1) is 11.6. The Hall–Kier alpha value is -1.84. The third-order valence-electron chi connectivity index (χ3n) is 3.01. The fourth-order valence-corrected chi connectivity index (χ4v) is 1.94. The van der Waals surface area contributed by atoms with Crippen molar-refractivity contribution in [3.8, 4) is 5.75 Å². The van der Waals surface area contributed by atoms with Crippen LogP contribution in [0.25, 0.3) is 0 Å². The van der Waals surface area contributed by atoms with Crippen molar-refractivity contribution in [3.05, 3.63) is 29.8 Å². The van der Waals surface area contributed by atoms with E-state index < -0.39 is 0 Å². The number of benzene rings is 1.